The van der Waals surface area contributed by atoms with E-state index in [0.29, 0.717) is 42.0 Å². The number of nitrogens with zero attached hydrogens (tertiary/aromatic N) is 4. The van der Waals surface area contributed by atoms with Gasteiger partial charge in [-0.15, -0.1) is 45.3 Å². The summed E-state index contributed by atoms with van der Waals surface area (Å²) in [5.74, 6) is -12.9. The van der Waals surface area contributed by atoms with Gasteiger partial charge in [-0.3, -0.25) is 0 Å². The summed E-state index contributed by atoms with van der Waals surface area (Å²) < 4.78 is 114. The van der Waals surface area contributed by atoms with E-state index in [-0.39, 0.29) is 29.4 Å². The summed E-state index contributed by atoms with van der Waals surface area (Å²) in [7, 11) is 0. The zero-order valence-corrected chi connectivity index (χ0v) is 56.2. The fourth-order valence-corrected chi connectivity index (χ4v) is 14.5. The molecule has 0 bridgehead atoms. The monoisotopic (exact) mass is 1660 g/mol. The Labute approximate surface area is 544 Å². The van der Waals surface area contributed by atoms with Gasteiger partial charge >= 0.3 is 0 Å². The van der Waals surface area contributed by atoms with E-state index >= 15 is 8.78 Å². The van der Waals surface area contributed by atoms with E-state index in [1.54, 1.807) is 109 Å². The number of nitriles is 2. The summed E-state index contributed by atoms with van der Waals surface area (Å²) >= 11 is 22.5. The Balaban J connectivity index is 0.000000198. The predicted octanol–water partition coefficient (Wildman–Crippen LogP) is 24.5. The van der Waals surface area contributed by atoms with Crippen LogP contribution in [-0.2, 0) is 0 Å². The largest absolute Gasteiger partial charge is 0.238 e. The van der Waals surface area contributed by atoms with Crippen LogP contribution in [0.15, 0.2) is 139 Å². The van der Waals surface area contributed by atoms with Crippen molar-refractivity contribution in [3.05, 3.63) is 246 Å². The molecule has 10 aromatic rings. The Morgan fingerprint density at radius 3 is 1.04 bits per heavy atom. The number of hydrogen-bond donors (Lipinski definition) is 0. The quantitative estimate of drug-likeness (QED) is 0.0567. The molecule has 0 saturated carbocycles. The van der Waals surface area contributed by atoms with Crippen LogP contribution in [0.4, 0.5) is 46.5 Å². The highest BCUT2D eigenvalue weighted by Crippen LogP contribution is 2.48. The molecule has 0 fully saturated rings. The molecule has 0 unspecified atom stereocenters. The Morgan fingerprint density at radius 1 is 0.415 bits per heavy atom. The SMILES string of the molecule is Cc1sc(-c2ccc(C#N)cc2)cc1Br.Cc1sc(Br)cc1Br.Fc1c(F)c(F)c(I)c(I)c1F.[C-]#[N+]c1ccc(-c2cc(-c3c(F)c(F)c(F)c(F)c3-c3cc(-c4ccc(C#N)cc4)sc3C)c(C)s2)cc1.[C-]#[N+]c1ccc(Br)cc1. The number of rotatable bonds is 5. The molecule has 0 aliphatic carbocycles. The number of halogens is 14. The highest BCUT2D eigenvalue weighted by molar-refractivity contribution is 14.1. The first-order chi connectivity index (χ1) is 38.9. The van der Waals surface area contributed by atoms with E-state index in [9.17, 15) is 26.3 Å². The Hall–Kier alpha value is -5.10. The minimum Gasteiger partial charge on any atom is -0.238 e. The van der Waals surface area contributed by atoms with Crippen LogP contribution in [0.5, 0.6) is 0 Å². The van der Waals surface area contributed by atoms with Gasteiger partial charge in [0, 0.05) is 58.7 Å². The van der Waals surface area contributed by atoms with Crippen LogP contribution in [0.2, 0.25) is 0 Å². The summed E-state index contributed by atoms with van der Waals surface area (Å²) in [6.45, 7) is 21.3. The van der Waals surface area contributed by atoms with Crippen LogP contribution < -0.4 is 0 Å². The van der Waals surface area contributed by atoms with Gasteiger partial charge in [-0.25, -0.2) is 44.8 Å². The van der Waals surface area contributed by atoms with Gasteiger partial charge < -0.3 is 0 Å². The van der Waals surface area contributed by atoms with E-state index in [2.05, 4.69) is 105 Å². The molecule has 4 aromatic heterocycles. The van der Waals surface area contributed by atoms with Crippen molar-refractivity contribution in [2.45, 2.75) is 27.7 Å². The lowest BCUT2D eigenvalue weighted by Crippen LogP contribution is -2.03. The van der Waals surface area contributed by atoms with Gasteiger partial charge in [0.25, 0.3) is 0 Å². The zero-order chi connectivity index (χ0) is 60.3. The molecule has 4 heterocycles. The molecule has 0 aliphatic heterocycles. The number of aryl methyl sites for hydroxylation is 4. The number of thiophene rings is 4. The smallest absolute Gasteiger partial charge is 0.198 e. The van der Waals surface area contributed by atoms with Crippen molar-refractivity contribution >= 4 is 166 Å². The summed E-state index contributed by atoms with van der Waals surface area (Å²) in [6.07, 6.45) is 0. The van der Waals surface area contributed by atoms with Crippen LogP contribution >= 0.6 is 154 Å². The van der Waals surface area contributed by atoms with E-state index in [1.165, 1.54) is 90.7 Å². The zero-order valence-electron chi connectivity index (χ0n) is 42.3. The minimum absolute atomic E-state index is 0.246. The molecular formula is C60H32Br4F8I2N4S4. The second-order valence-electron chi connectivity index (χ2n) is 16.6. The van der Waals surface area contributed by atoms with Crippen LogP contribution in [0.25, 0.3) is 63.3 Å². The molecule has 0 aliphatic rings. The molecule has 0 N–H and O–H groups in total. The van der Waals surface area contributed by atoms with E-state index in [1.807, 2.05) is 42.5 Å². The van der Waals surface area contributed by atoms with Crippen molar-refractivity contribution in [2.75, 3.05) is 0 Å². The number of benzene rings is 6. The maximum atomic E-state index is 15.5. The second-order valence-corrected chi connectivity index (χ2v) is 27.8. The Morgan fingerprint density at radius 2 is 0.732 bits per heavy atom. The number of hydrogen-bond acceptors (Lipinski definition) is 6. The van der Waals surface area contributed by atoms with E-state index < -0.39 is 46.5 Å². The van der Waals surface area contributed by atoms with Gasteiger partial charge in [0.15, 0.2) is 57.9 Å². The molecular weight excluding hydrogens is 1630 g/mol. The van der Waals surface area contributed by atoms with Crippen molar-refractivity contribution < 1.29 is 35.1 Å². The normalized spacial score (nSPS) is 10.3. The predicted molar refractivity (Wildman–Crippen MR) is 348 cm³/mol. The third-order valence-electron chi connectivity index (χ3n) is 11.3. The topological polar surface area (TPSA) is 56.3 Å². The standard InChI is InChI=1S/C30H16F4N2S2.C12H8BrNS.C7H4BrN.C6F4I2.C5H4Br2S/c1-15-21(12-23(37-15)18-6-4-17(14-35)5-7-18)25-26(28(32)30(34)29(33)27(25)31)22-13-24(38-16(22)2)19-8-10-20(36-3)11-9-19;1-8-11(13)6-12(15-8)10-4-2-9(7-14)3-5-10;1-9-7-4-2-6(8)3-5-7;7-1-2(8)4(10)6(12)5(11)3(1)9;1-3-4(6)2-5(7)8-3/h4-13H,1-2H3;2-6H,1H3;2-5H;;2H,1H3. The fourth-order valence-electron chi connectivity index (χ4n) is 7.12. The van der Waals surface area contributed by atoms with Crippen LogP contribution in [0.1, 0.15) is 30.6 Å². The molecule has 0 spiro atoms. The van der Waals surface area contributed by atoms with Gasteiger partial charge in [-0.05, 0) is 197 Å². The van der Waals surface area contributed by atoms with Gasteiger partial charge in [0.1, 0.15) is 0 Å². The summed E-state index contributed by atoms with van der Waals surface area (Å²) in [5.41, 5.74) is 4.83. The molecule has 22 heteroatoms. The van der Waals surface area contributed by atoms with Crippen LogP contribution in [0, 0.1) is 117 Å². The average molecular weight is 1660 g/mol. The highest BCUT2D eigenvalue weighted by atomic mass is 127. The Kier molecular flexibility index (Phi) is 24.3. The van der Waals surface area contributed by atoms with Crippen molar-refractivity contribution in [1.29, 1.82) is 10.5 Å². The summed E-state index contributed by atoms with van der Waals surface area (Å²) in [5, 5.41) is 17.8. The average Bonchev–Trinajstić information content (AvgIpc) is 3.08. The molecule has 0 saturated heterocycles. The van der Waals surface area contributed by atoms with E-state index in [4.69, 9.17) is 23.7 Å². The van der Waals surface area contributed by atoms with Gasteiger partial charge in [-0.1, -0.05) is 88.7 Å². The lowest BCUT2D eigenvalue weighted by molar-refractivity contribution is 0.402. The summed E-state index contributed by atoms with van der Waals surface area (Å²) in [4.78, 5) is 13.0. The molecule has 6 aromatic carbocycles. The first kappa shape index (κ1) is 66.0. The van der Waals surface area contributed by atoms with Gasteiger partial charge in [0.2, 0.25) is 0 Å². The maximum absolute atomic E-state index is 15.5. The molecule has 10 rings (SSSR count). The van der Waals surface area contributed by atoms with Gasteiger partial charge in [0.05, 0.1) is 47.3 Å². The molecule has 0 radical (unpaired) electrons. The van der Waals surface area contributed by atoms with Crippen LogP contribution in [0.3, 0.4) is 0 Å². The molecule has 82 heavy (non-hydrogen) atoms. The fraction of sp³-hybridized carbons (Fsp3) is 0.0667. The second kappa shape index (κ2) is 30.1. The van der Waals surface area contributed by atoms with E-state index in [0.717, 1.165) is 25.6 Å². The first-order valence-electron chi connectivity index (χ1n) is 23.0. The van der Waals surface area contributed by atoms with Gasteiger partial charge in [-0.2, -0.15) is 10.5 Å². The van der Waals surface area contributed by atoms with Crippen molar-refractivity contribution in [3.63, 3.8) is 0 Å². The van der Waals surface area contributed by atoms with Crippen molar-refractivity contribution in [2.24, 2.45) is 0 Å². The lowest BCUT2D eigenvalue weighted by Gasteiger charge is -2.14. The summed E-state index contributed by atoms with van der Waals surface area (Å²) in [6, 6.07) is 40.1. The molecule has 0 atom stereocenters. The first-order valence-corrected chi connectivity index (χ1v) is 31.6. The third-order valence-corrected chi connectivity index (χ3v) is 21.9. The lowest BCUT2D eigenvalue weighted by atomic mass is 9.92. The Bertz CT molecular complexity index is 3860. The molecule has 0 amide bonds. The minimum atomic E-state index is -1.87. The highest BCUT2D eigenvalue weighted by Gasteiger charge is 2.30. The maximum Gasteiger partial charge on any atom is 0.198 e. The third kappa shape index (κ3) is 16.2. The van der Waals surface area contributed by atoms with Crippen molar-refractivity contribution in [3.8, 4) is 65.7 Å². The molecule has 4 nitrogen and oxygen atoms in total. The van der Waals surface area contributed by atoms with Crippen molar-refractivity contribution in [1.82, 2.24) is 0 Å². The van der Waals surface area contributed by atoms with Crippen LogP contribution in [-0.4, -0.2) is 0 Å². The molecule has 414 valence electrons.